The molecule has 1 aliphatic heterocycles. The van der Waals surface area contributed by atoms with Crippen LogP contribution < -0.4 is 0 Å². The third kappa shape index (κ3) is 0.715. The van der Waals surface area contributed by atoms with Gasteiger partial charge >= 0.3 is 0 Å². The van der Waals surface area contributed by atoms with E-state index in [0.29, 0.717) is 6.61 Å². The second-order valence-electron chi connectivity index (χ2n) is 1.90. The van der Waals surface area contributed by atoms with Gasteiger partial charge in [0.15, 0.2) is 6.61 Å². The Hall–Kier alpha value is -0.890. The summed E-state index contributed by atoms with van der Waals surface area (Å²) in [5, 5.41) is 0. The summed E-state index contributed by atoms with van der Waals surface area (Å²) < 4.78 is 4.90. The van der Waals surface area contributed by atoms with Crippen LogP contribution in [-0.2, 0) is 11.3 Å². The topological polar surface area (TPSA) is 22.1 Å². The van der Waals surface area contributed by atoms with Crippen molar-refractivity contribution in [3.8, 4) is 0 Å². The molecule has 0 saturated carbocycles. The molecular formula is C7H5NO. The Balaban J connectivity index is 2.54. The van der Waals surface area contributed by atoms with Gasteiger partial charge in [0.1, 0.15) is 0 Å². The lowest BCUT2D eigenvalue weighted by Crippen LogP contribution is -1.82. The van der Waals surface area contributed by atoms with E-state index in [-0.39, 0.29) is 0 Å². The zero-order valence-electron chi connectivity index (χ0n) is 4.79. The Bertz CT molecular complexity index is 199. The number of fused-ring (bicyclic) bond motifs is 1. The van der Waals surface area contributed by atoms with E-state index in [1.807, 2.05) is 12.1 Å². The molecule has 0 fully saturated rings. The first-order valence-electron chi connectivity index (χ1n) is 2.78. The molecule has 44 valence electrons. The van der Waals surface area contributed by atoms with Gasteiger partial charge in [-0.1, -0.05) is 6.07 Å². The summed E-state index contributed by atoms with van der Waals surface area (Å²) in [6.07, 6.45) is 1.74. The smallest absolute Gasteiger partial charge is 0.186 e. The van der Waals surface area contributed by atoms with Crippen LogP contribution in [-0.4, -0.2) is 4.98 Å². The summed E-state index contributed by atoms with van der Waals surface area (Å²) in [5.41, 5.74) is 1.97. The lowest BCUT2D eigenvalue weighted by atomic mass is 10.2. The van der Waals surface area contributed by atoms with Crippen molar-refractivity contribution in [2.45, 2.75) is 6.61 Å². The van der Waals surface area contributed by atoms with Crippen molar-refractivity contribution in [2.75, 3.05) is 0 Å². The number of pyridine rings is 1. The van der Waals surface area contributed by atoms with Gasteiger partial charge in [0.25, 0.3) is 0 Å². The van der Waals surface area contributed by atoms with Gasteiger partial charge in [-0.15, -0.1) is 0 Å². The molecule has 9 heavy (non-hydrogen) atoms. The molecule has 0 N–H and O–H groups in total. The SMILES string of the molecule is [C]1OCc2cccnc21. The highest BCUT2D eigenvalue weighted by Gasteiger charge is 2.11. The highest BCUT2D eigenvalue weighted by Crippen LogP contribution is 2.16. The predicted octanol–water partition coefficient (Wildman–Crippen LogP) is 0.999. The summed E-state index contributed by atoms with van der Waals surface area (Å²) in [7, 11) is 0. The van der Waals surface area contributed by atoms with E-state index < -0.39 is 0 Å². The van der Waals surface area contributed by atoms with Gasteiger partial charge in [-0.3, -0.25) is 4.98 Å². The molecule has 0 saturated heterocycles. The van der Waals surface area contributed by atoms with Crippen molar-refractivity contribution < 1.29 is 4.74 Å². The summed E-state index contributed by atoms with van der Waals surface area (Å²) in [5.74, 6) is 0. The summed E-state index contributed by atoms with van der Waals surface area (Å²) in [6, 6.07) is 3.89. The largest absolute Gasteiger partial charge is 0.357 e. The Labute approximate surface area is 53.5 Å². The minimum absolute atomic E-state index is 0.628. The second-order valence-corrected chi connectivity index (χ2v) is 1.90. The van der Waals surface area contributed by atoms with E-state index in [4.69, 9.17) is 4.74 Å². The highest BCUT2D eigenvalue weighted by molar-refractivity contribution is 5.26. The normalized spacial score (nSPS) is 15.6. The number of rotatable bonds is 0. The Morgan fingerprint density at radius 1 is 1.67 bits per heavy atom. The van der Waals surface area contributed by atoms with Crippen LogP contribution in [0.3, 0.4) is 0 Å². The fourth-order valence-corrected chi connectivity index (χ4v) is 0.829. The maximum Gasteiger partial charge on any atom is 0.186 e. The molecule has 0 spiro atoms. The minimum atomic E-state index is 0.628. The molecule has 2 heteroatoms. The van der Waals surface area contributed by atoms with Crippen LogP contribution in [0, 0.1) is 6.61 Å². The summed E-state index contributed by atoms with van der Waals surface area (Å²) in [6.45, 7) is 3.32. The number of nitrogens with zero attached hydrogens (tertiary/aromatic N) is 1. The van der Waals surface area contributed by atoms with Crippen molar-refractivity contribution >= 4 is 0 Å². The van der Waals surface area contributed by atoms with Crippen LogP contribution in [0.1, 0.15) is 11.3 Å². The van der Waals surface area contributed by atoms with Crippen LogP contribution >= 0.6 is 0 Å². The van der Waals surface area contributed by atoms with Crippen LogP contribution in [0.2, 0.25) is 0 Å². The predicted molar refractivity (Wildman–Crippen MR) is 31.4 cm³/mol. The Morgan fingerprint density at radius 3 is 3.56 bits per heavy atom. The fourth-order valence-electron chi connectivity index (χ4n) is 0.829. The van der Waals surface area contributed by atoms with Crippen molar-refractivity contribution in [3.63, 3.8) is 0 Å². The molecular weight excluding hydrogens is 114 g/mol. The number of hydrogen-bond acceptors (Lipinski definition) is 2. The molecule has 1 aromatic rings. The van der Waals surface area contributed by atoms with Gasteiger partial charge < -0.3 is 4.74 Å². The van der Waals surface area contributed by atoms with Gasteiger partial charge in [-0.25, -0.2) is 0 Å². The molecule has 1 aromatic heterocycles. The minimum Gasteiger partial charge on any atom is -0.357 e. The van der Waals surface area contributed by atoms with E-state index in [1.165, 1.54) is 0 Å². The first-order valence-corrected chi connectivity index (χ1v) is 2.78. The fraction of sp³-hybridized carbons (Fsp3) is 0.143. The summed E-state index contributed by atoms with van der Waals surface area (Å²) >= 11 is 0. The quantitative estimate of drug-likeness (QED) is 0.508. The van der Waals surface area contributed by atoms with E-state index in [1.54, 1.807) is 6.20 Å². The molecule has 0 atom stereocenters. The molecule has 0 bridgehead atoms. The van der Waals surface area contributed by atoms with E-state index in [2.05, 4.69) is 11.6 Å². The maximum absolute atomic E-state index is 4.90. The molecule has 2 rings (SSSR count). The molecule has 0 aromatic carbocycles. The monoisotopic (exact) mass is 119 g/mol. The van der Waals surface area contributed by atoms with Crippen LogP contribution in [0.15, 0.2) is 18.3 Å². The third-order valence-corrected chi connectivity index (χ3v) is 1.29. The Kier molecular flexibility index (Phi) is 0.993. The summed E-state index contributed by atoms with van der Waals surface area (Å²) in [4.78, 5) is 4.02. The molecule has 1 aliphatic rings. The second kappa shape index (κ2) is 1.81. The van der Waals surface area contributed by atoms with Gasteiger partial charge in [0.2, 0.25) is 0 Å². The maximum atomic E-state index is 4.90. The lowest BCUT2D eigenvalue weighted by molar-refractivity contribution is 0.223. The third-order valence-electron chi connectivity index (χ3n) is 1.29. The standard InChI is InChI=1S/C7H5NO/c1-2-6-4-9-5-7(6)8-3-1/h1-3H,4H2. The molecule has 2 nitrogen and oxygen atoms in total. The van der Waals surface area contributed by atoms with Crippen molar-refractivity contribution in [3.05, 3.63) is 36.2 Å². The Morgan fingerprint density at radius 2 is 2.67 bits per heavy atom. The molecule has 0 amide bonds. The van der Waals surface area contributed by atoms with Gasteiger partial charge in [0.05, 0.1) is 12.3 Å². The zero-order chi connectivity index (χ0) is 6.10. The number of hydrogen-bond donors (Lipinski definition) is 0. The van der Waals surface area contributed by atoms with Gasteiger partial charge in [0, 0.05) is 11.8 Å². The average molecular weight is 119 g/mol. The van der Waals surface area contributed by atoms with E-state index in [0.717, 1.165) is 11.3 Å². The van der Waals surface area contributed by atoms with E-state index >= 15 is 0 Å². The molecule has 2 radical (unpaired) electrons. The van der Waals surface area contributed by atoms with Gasteiger partial charge in [-0.05, 0) is 6.07 Å². The van der Waals surface area contributed by atoms with Crippen molar-refractivity contribution in [1.82, 2.24) is 4.98 Å². The molecule has 0 aliphatic carbocycles. The van der Waals surface area contributed by atoms with Gasteiger partial charge in [-0.2, -0.15) is 0 Å². The number of ether oxygens (including phenoxy) is 1. The average Bonchev–Trinajstić information content (AvgIpc) is 2.33. The highest BCUT2D eigenvalue weighted by atomic mass is 16.5. The number of aromatic nitrogens is 1. The molecule has 0 unspecified atom stereocenters. The first kappa shape index (κ1) is 4.94. The lowest BCUT2D eigenvalue weighted by Gasteiger charge is -1.88. The van der Waals surface area contributed by atoms with Crippen molar-refractivity contribution in [2.24, 2.45) is 0 Å². The van der Waals surface area contributed by atoms with E-state index in [9.17, 15) is 0 Å². The van der Waals surface area contributed by atoms with Crippen LogP contribution in [0.4, 0.5) is 0 Å². The van der Waals surface area contributed by atoms with Crippen LogP contribution in [0.5, 0.6) is 0 Å². The first-order chi connectivity index (χ1) is 4.47. The van der Waals surface area contributed by atoms with Crippen molar-refractivity contribution in [1.29, 1.82) is 0 Å². The molecule has 2 heterocycles. The van der Waals surface area contributed by atoms with Crippen LogP contribution in [0.25, 0.3) is 0 Å². The zero-order valence-corrected chi connectivity index (χ0v) is 4.79.